The van der Waals surface area contributed by atoms with Gasteiger partial charge in [-0.1, -0.05) is 30.3 Å². The Morgan fingerprint density at radius 1 is 1.08 bits per heavy atom. The Morgan fingerprint density at radius 2 is 1.76 bits per heavy atom. The van der Waals surface area contributed by atoms with Gasteiger partial charge in [0.15, 0.2) is 0 Å². The third-order valence-electron chi connectivity index (χ3n) is 7.17. The number of amides is 1. The second-order valence-corrected chi connectivity index (χ2v) is 9.46. The molecule has 3 aromatic carbocycles. The highest BCUT2D eigenvalue weighted by Gasteiger charge is 2.47. The molecule has 2 atom stereocenters. The molecular formula is C30H29N3O5. The Morgan fingerprint density at radius 3 is 2.45 bits per heavy atom. The SMILES string of the molecule is COc1ccc(-c2cc(COc3ccc(C4(N)CCN(C(C)C(=O)O)C4=O)cc3)c3ccccc3n2)cc1. The fourth-order valence-electron chi connectivity index (χ4n) is 4.82. The van der Waals surface area contributed by atoms with E-state index in [1.807, 2.05) is 54.6 Å². The lowest BCUT2D eigenvalue weighted by Crippen LogP contribution is -2.49. The van der Waals surface area contributed by atoms with Crippen LogP contribution in [0.1, 0.15) is 24.5 Å². The van der Waals surface area contributed by atoms with Crippen LogP contribution in [0.3, 0.4) is 0 Å². The summed E-state index contributed by atoms with van der Waals surface area (Å²) in [6, 6.07) is 23.9. The van der Waals surface area contributed by atoms with Crippen LogP contribution < -0.4 is 15.2 Å². The minimum Gasteiger partial charge on any atom is -0.497 e. The first-order chi connectivity index (χ1) is 18.3. The summed E-state index contributed by atoms with van der Waals surface area (Å²) in [5.41, 5.74) is 9.54. The smallest absolute Gasteiger partial charge is 0.326 e. The summed E-state index contributed by atoms with van der Waals surface area (Å²) in [4.78, 5) is 30.5. The van der Waals surface area contributed by atoms with Crippen molar-refractivity contribution in [2.24, 2.45) is 5.73 Å². The van der Waals surface area contributed by atoms with Gasteiger partial charge in [-0.05, 0) is 67.4 Å². The zero-order chi connectivity index (χ0) is 26.9. The molecule has 4 aromatic rings. The second-order valence-electron chi connectivity index (χ2n) is 9.46. The Bertz CT molecular complexity index is 1490. The van der Waals surface area contributed by atoms with Crippen molar-refractivity contribution in [1.29, 1.82) is 0 Å². The highest BCUT2D eigenvalue weighted by Crippen LogP contribution is 2.33. The fraction of sp³-hybridized carbons (Fsp3) is 0.233. The largest absolute Gasteiger partial charge is 0.497 e. The Balaban J connectivity index is 1.36. The molecule has 8 heteroatoms. The van der Waals surface area contributed by atoms with Gasteiger partial charge in [0, 0.05) is 23.1 Å². The van der Waals surface area contributed by atoms with E-state index in [2.05, 4.69) is 0 Å². The van der Waals surface area contributed by atoms with Crippen molar-refractivity contribution in [1.82, 2.24) is 9.88 Å². The number of benzene rings is 3. The second kappa shape index (κ2) is 10.1. The predicted molar refractivity (Wildman–Crippen MR) is 144 cm³/mol. The number of methoxy groups -OCH3 is 1. The first-order valence-electron chi connectivity index (χ1n) is 12.4. The van der Waals surface area contributed by atoms with Crippen molar-refractivity contribution >= 4 is 22.8 Å². The van der Waals surface area contributed by atoms with Crippen LogP contribution in [0, 0.1) is 0 Å². The molecule has 0 spiro atoms. The number of pyridine rings is 1. The van der Waals surface area contributed by atoms with E-state index in [0.717, 1.165) is 33.5 Å². The van der Waals surface area contributed by atoms with Gasteiger partial charge in [-0.25, -0.2) is 9.78 Å². The monoisotopic (exact) mass is 511 g/mol. The normalized spacial score (nSPS) is 18.0. The van der Waals surface area contributed by atoms with E-state index in [9.17, 15) is 14.7 Å². The number of carbonyl (C=O) groups excluding carboxylic acids is 1. The number of para-hydroxylation sites is 1. The molecule has 1 aliphatic rings. The number of aromatic nitrogens is 1. The van der Waals surface area contributed by atoms with Gasteiger partial charge in [0.2, 0.25) is 5.91 Å². The summed E-state index contributed by atoms with van der Waals surface area (Å²) in [7, 11) is 1.64. The molecule has 1 amide bonds. The van der Waals surface area contributed by atoms with E-state index in [-0.39, 0.29) is 5.91 Å². The Hall–Kier alpha value is -4.43. The van der Waals surface area contributed by atoms with Crippen molar-refractivity contribution in [3.8, 4) is 22.8 Å². The third-order valence-corrected chi connectivity index (χ3v) is 7.17. The fourth-order valence-corrected chi connectivity index (χ4v) is 4.82. The van der Waals surface area contributed by atoms with Gasteiger partial charge in [0.05, 0.1) is 18.3 Å². The lowest BCUT2D eigenvalue weighted by molar-refractivity contribution is -0.148. The van der Waals surface area contributed by atoms with Crippen LogP contribution in [-0.4, -0.2) is 46.6 Å². The Kier molecular flexibility index (Phi) is 6.73. The average Bonchev–Trinajstić information content (AvgIpc) is 3.26. The number of carboxylic acid groups (broad SMARTS) is 1. The van der Waals surface area contributed by atoms with Gasteiger partial charge < -0.3 is 25.2 Å². The van der Waals surface area contributed by atoms with E-state index in [1.165, 1.54) is 11.8 Å². The highest BCUT2D eigenvalue weighted by molar-refractivity contribution is 5.93. The maximum Gasteiger partial charge on any atom is 0.326 e. The number of fused-ring (bicyclic) bond motifs is 1. The van der Waals surface area contributed by atoms with Crippen LogP contribution in [0.2, 0.25) is 0 Å². The van der Waals surface area contributed by atoms with Gasteiger partial charge >= 0.3 is 5.97 Å². The van der Waals surface area contributed by atoms with Crippen molar-refractivity contribution in [3.63, 3.8) is 0 Å². The number of hydrogen-bond donors (Lipinski definition) is 2. The molecule has 38 heavy (non-hydrogen) atoms. The molecule has 3 N–H and O–H groups in total. The molecule has 0 radical (unpaired) electrons. The lowest BCUT2D eigenvalue weighted by Gasteiger charge is -2.26. The molecule has 1 fully saturated rings. The van der Waals surface area contributed by atoms with Gasteiger partial charge in [-0.2, -0.15) is 0 Å². The van der Waals surface area contributed by atoms with E-state index in [0.29, 0.717) is 30.9 Å². The van der Waals surface area contributed by atoms with Crippen LogP contribution >= 0.6 is 0 Å². The predicted octanol–water partition coefficient (Wildman–Crippen LogP) is 4.35. The van der Waals surface area contributed by atoms with E-state index >= 15 is 0 Å². The van der Waals surface area contributed by atoms with E-state index in [1.54, 1.807) is 31.4 Å². The quantitative estimate of drug-likeness (QED) is 0.361. The molecule has 1 aliphatic heterocycles. The molecule has 0 aliphatic carbocycles. The number of likely N-dealkylation sites (tertiary alicyclic amines) is 1. The van der Waals surface area contributed by atoms with Crippen LogP contribution in [-0.2, 0) is 21.7 Å². The highest BCUT2D eigenvalue weighted by atomic mass is 16.5. The van der Waals surface area contributed by atoms with Crippen molar-refractivity contribution in [2.75, 3.05) is 13.7 Å². The van der Waals surface area contributed by atoms with Gasteiger partial charge in [0.25, 0.3) is 0 Å². The molecule has 8 nitrogen and oxygen atoms in total. The summed E-state index contributed by atoms with van der Waals surface area (Å²) >= 11 is 0. The minimum absolute atomic E-state index is 0.298. The summed E-state index contributed by atoms with van der Waals surface area (Å²) in [6.07, 6.45) is 0.348. The zero-order valence-corrected chi connectivity index (χ0v) is 21.3. The number of nitrogens with zero attached hydrogens (tertiary/aromatic N) is 2. The lowest BCUT2D eigenvalue weighted by atomic mass is 9.89. The van der Waals surface area contributed by atoms with Crippen molar-refractivity contribution in [2.45, 2.75) is 31.5 Å². The molecule has 2 heterocycles. The molecule has 0 saturated carbocycles. The first-order valence-corrected chi connectivity index (χ1v) is 12.4. The molecule has 194 valence electrons. The minimum atomic E-state index is -1.25. The van der Waals surface area contributed by atoms with E-state index in [4.69, 9.17) is 20.2 Å². The van der Waals surface area contributed by atoms with E-state index < -0.39 is 17.6 Å². The topological polar surface area (TPSA) is 115 Å². The summed E-state index contributed by atoms with van der Waals surface area (Å²) in [5, 5.41) is 10.3. The molecule has 1 saturated heterocycles. The van der Waals surface area contributed by atoms with Gasteiger partial charge in [0.1, 0.15) is 29.7 Å². The van der Waals surface area contributed by atoms with Gasteiger partial charge in [-0.3, -0.25) is 4.79 Å². The maximum atomic E-state index is 13.0. The molecule has 2 unspecified atom stereocenters. The van der Waals surface area contributed by atoms with Crippen molar-refractivity contribution in [3.05, 3.63) is 90.0 Å². The zero-order valence-electron chi connectivity index (χ0n) is 21.3. The van der Waals surface area contributed by atoms with Crippen LogP contribution in [0.25, 0.3) is 22.2 Å². The van der Waals surface area contributed by atoms with Gasteiger partial charge in [-0.15, -0.1) is 0 Å². The molecular weight excluding hydrogens is 482 g/mol. The number of ether oxygens (including phenoxy) is 2. The molecule has 5 rings (SSSR count). The number of carbonyl (C=O) groups is 2. The first kappa shape index (κ1) is 25.2. The number of nitrogens with two attached hydrogens (primary N) is 1. The summed E-state index contributed by atoms with van der Waals surface area (Å²) < 4.78 is 11.4. The average molecular weight is 512 g/mol. The Labute approximate surface area is 220 Å². The van der Waals surface area contributed by atoms with Crippen LogP contribution in [0.15, 0.2) is 78.9 Å². The third kappa shape index (κ3) is 4.66. The number of aliphatic carboxylic acids is 1. The maximum absolute atomic E-state index is 13.0. The summed E-state index contributed by atoms with van der Waals surface area (Å²) in [5.74, 6) is -0.0184. The number of rotatable bonds is 8. The standard InChI is InChI=1S/C30H29N3O5/c1-19(28(34)35)33-16-15-30(31,29(33)36)22-9-13-24(14-10-22)38-18-21-17-27(20-7-11-23(37-2)12-8-20)32-26-6-4-3-5-25(21)26/h3-14,17,19H,15-16,18,31H2,1-2H3,(H,34,35). The van der Waals surface area contributed by atoms with Crippen molar-refractivity contribution < 1.29 is 24.2 Å². The molecule has 1 aromatic heterocycles. The van der Waals surface area contributed by atoms with Crippen LogP contribution in [0.5, 0.6) is 11.5 Å². The number of carboxylic acids is 1. The summed E-state index contributed by atoms with van der Waals surface area (Å²) in [6.45, 7) is 2.11. The molecule has 0 bridgehead atoms. The number of hydrogen-bond acceptors (Lipinski definition) is 6. The van der Waals surface area contributed by atoms with Crippen LogP contribution in [0.4, 0.5) is 0 Å².